The number of hydrogen-bond donors (Lipinski definition) is 2. The summed E-state index contributed by atoms with van der Waals surface area (Å²) in [6.45, 7) is 0.0590. The molecular weight excluding hydrogens is 213 g/mol. The zero-order chi connectivity index (χ0) is 10.7. The maximum absolute atomic E-state index is 12.7. The molecule has 0 aliphatic rings. The topological polar surface area (TPSA) is 38.0 Å². The van der Waals surface area contributed by atoms with Crippen LogP contribution >= 0.6 is 12.2 Å². The van der Waals surface area contributed by atoms with Gasteiger partial charge < -0.3 is 11.1 Å². The van der Waals surface area contributed by atoms with Gasteiger partial charge in [-0.1, -0.05) is 0 Å². The molecule has 0 aliphatic carbocycles. The number of nitrogens with two attached hydrogens (primary N) is 1. The van der Waals surface area contributed by atoms with E-state index in [4.69, 9.17) is 5.73 Å². The van der Waals surface area contributed by atoms with Crippen molar-refractivity contribution in [3.8, 4) is 0 Å². The van der Waals surface area contributed by atoms with Gasteiger partial charge in [-0.25, -0.2) is 13.2 Å². The van der Waals surface area contributed by atoms with Gasteiger partial charge in [0, 0.05) is 6.54 Å². The van der Waals surface area contributed by atoms with Crippen molar-refractivity contribution in [2.75, 3.05) is 0 Å². The molecule has 0 fully saturated rings. The Morgan fingerprint density at radius 1 is 1.29 bits per heavy atom. The molecule has 0 atom stereocenters. The summed E-state index contributed by atoms with van der Waals surface area (Å²) in [5.74, 6) is -3.95. The molecule has 0 unspecified atom stereocenters. The third-order valence-electron chi connectivity index (χ3n) is 1.51. The predicted octanol–water partition coefficient (Wildman–Crippen LogP) is 1.44. The van der Waals surface area contributed by atoms with Gasteiger partial charge in [-0.15, -0.1) is 0 Å². The average Bonchev–Trinajstić information content (AvgIpc) is 2.10. The summed E-state index contributed by atoms with van der Waals surface area (Å²) in [5, 5.41) is 2.50. The van der Waals surface area contributed by atoms with E-state index in [0.29, 0.717) is 0 Å². The zero-order valence-corrected chi connectivity index (χ0v) is 7.80. The van der Waals surface area contributed by atoms with Crippen LogP contribution in [0.15, 0.2) is 12.1 Å². The van der Waals surface area contributed by atoms with Crippen molar-refractivity contribution in [1.29, 1.82) is 0 Å². The highest BCUT2D eigenvalue weighted by Gasteiger charge is 2.09. The summed E-state index contributed by atoms with van der Waals surface area (Å²) in [5.41, 5.74) is 5.34. The van der Waals surface area contributed by atoms with Gasteiger partial charge in [-0.05, 0) is 29.9 Å². The van der Waals surface area contributed by atoms with E-state index in [2.05, 4.69) is 17.5 Å². The van der Waals surface area contributed by atoms with E-state index < -0.39 is 17.5 Å². The van der Waals surface area contributed by atoms with E-state index in [0.717, 1.165) is 12.1 Å². The van der Waals surface area contributed by atoms with Crippen LogP contribution in [0.4, 0.5) is 13.2 Å². The van der Waals surface area contributed by atoms with E-state index in [9.17, 15) is 13.2 Å². The molecule has 0 heterocycles. The normalized spacial score (nSPS) is 9.93. The molecule has 1 aromatic rings. The summed E-state index contributed by atoms with van der Waals surface area (Å²) < 4.78 is 37.8. The Labute approximate surface area is 83.9 Å². The molecule has 2 nitrogen and oxygen atoms in total. The smallest absolute Gasteiger partial charge is 0.194 e. The molecule has 0 spiro atoms. The number of benzene rings is 1. The van der Waals surface area contributed by atoms with Gasteiger partial charge in [0.1, 0.15) is 0 Å². The molecule has 0 aromatic heterocycles. The van der Waals surface area contributed by atoms with Crippen LogP contribution < -0.4 is 11.1 Å². The molecule has 1 rings (SSSR count). The van der Waals surface area contributed by atoms with E-state index in [-0.39, 0.29) is 17.2 Å². The van der Waals surface area contributed by atoms with Crippen molar-refractivity contribution >= 4 is 17.3 Å². The standard InChI is InChI=1S/C8H7F3N2S/c9-5-1-4(3-13-8(12)14)2-6(10)7(5)11/h1-2H,3H2,(H3,12,13,14). The fraction of sp³-hybridized carbons (Fsp3) is 0.125. The molecule has 0 radical (unpaired) electrons. The Kier molecular flexibility index (Phi) is 3.29. The quantitative estimate of drug-likeness (QED) is 0.585. The molecule has 0 saturated heterocycles. The number of nitrogens with one attached hydrogen (secondary N) is 1. The van der Waals surface area contributed by atoms with Crippen LogP contribution in [0.2, 0.25) is 0 Å². The van der Waals surface area contributed by atoms with Gasteiger partial charge in [0.05, 0.1) is 0 Å². The molecule has 0 amide bonds. The van der Waals surface area contributed by atoms with Crippen molar-refractivity contribution in [3.63, 3.8) is 0 Å². The maximum Gasteiger partial charge on any atom is 0.194 e. The van der Waals surface area contributed by atoms with Crippen molar-refractivity contribution < 1.29 is 13.2 Å². The SMILES string of the molecule is NC(=S)NCc1cc(F)c(F)c(F)c1. The van der Waals surface area contributed by atoms with Crippen LogP contribution in [0, 0.1) is 17.5 Å². The first-order chi connectivity index (χ1) is 6.50. The number of halogens is 3. The Hall–Kier alpha value is -1.30. The third-order valence-corrected chi connectivity index (χ3v) is 1.65. The Bertz CT molecular complexity index is 345. The maximum atomic E-state index is 12.7. The number of hydrogen-bond acceptors (Lipinski definition) is 1. The van der Waals surface area contributed by atoms with Gasteiger partial charge in [-0.2, -0.15) is 0 Å². The first-order valence-electron chi connectivity index (χ1n) is 3.67. The first kappa shape index (κ1) is 10.8. The molecule has 0 bridgehead atoms. The van der Waals surface area contributed by atoms with Crippen LogP contribution in [0.5, 0.6) is 0 Å². The summed E-state index contributed by atoms with van der Waals surface area (Å²) >= 11 is 4.49. The van der Waals surface area contributed by atoms with Crippen molar-refractivity contribution in [2.45, 2.75) is 6.54 Å². The van der Waals surface area contributed by atoms with Crippen LogP contribution in [-0.2, 0) is 6.54 Å². The lowest BCUT2D eigenvalue weighted by Gasteiger charge is -2.04. The average molecular weight is 220 g/mol. The molecule has 3 N–H and O–H groups in total. The fourth-order valence-corrected chi connectivity index (χ4v) is 0.971. The van der Waals surface area contributed by atoms with Crippen molar-refractivity contribution in [1.82, 2.24) is 5.32 Å². The zero-order valence-electron chi connectivity index (χ0n) is 6.98. The molecule has 76 valence electrons. The highest BCUT2D eigenvalue weighted by Crippen LogP contribution is 2.13. The van der Waals surface area contributed by atoms with Gasteiger partial charge in [-0.3, -0.25) is 0 Å². The summed E-state index contributed by atoms with van der Waals surface area (Å²) in [6.07, 6.45) is 0. The Balaban J connectivity index is 2.84. The largest absolute Gasteiger partial charge is 0.376 e. The van der Waals surface area contributed by atoms with Gasteiger partial charge in [0.2, 0.25) is 0 Å². The Morgan fingerprint density at radius 3 is 2.21 bits per heavy atom. The third kappa shape index (κ3) is 2.59. The second-order valence-electron chi connectivity index (χ2n) is 2.59. The molecule has 6 heteroatoms. The Morgan fingerprint density at radius 2 is 1.79 bits per heavy atom. The number of rotatable bonds is 2. The minimum Gasteiger partial charge on any atom is -0.376 e. The van der Waals surface area contributed by atoms with Gasteiger partial charge >= 0.3 is 0 Å². The molecule has 0 aliphatic heterocycles. The molecule has 14 heavy (non-hydrogen) atoms. The summed E-state index contributed by atoms with van der Waals surface area (Å²) in [7, 11) is 0. The lowest BCUT2D eigenvalue weighted by Crippen LogP contribution is -2.28. The molecule has 0 saturated carbocycles. The lowest BCUT2D eigenvalue weighted by molar-refractivity contribution is 0.445. The summed E-state index contributed by atoms with van der Waals surface area (Å²) in [4.78, 5) is 0. The highest BCUT2D eigenvalue weighted by atomic mass is 32.1. The lowest BCUT2D eigenvalue weighted by atomic mass is 10.2. The second kappa shape index (κ2) is 4.28. The number of thiocarbonyl (C=S) groups is 1. The molecular formula is C8H7F3N2S. The first-order valence-corrected chi connectivity index (χ1v) is 4.08. The summed E-state index contributed by atoms with van der Waals surface area (Å²) in [6, 6.07) is 1.76. The van der Waals surface area contributed by atoms with E-state index in [1.165, 1.54) is 0 Å². The fourth-order valence-electron chi connectivity index (χ4n) is 0.899. The van der Waals surface area contributed by atoms with E-state index >= 15 is 0 Å². The monoisotopic (exact) mass is 220 g/mol. The van der Waals surface area contributed by atoms with Crippen molar-refractivity contribution in [2.24, 2.45) is 5.73 Å². The van der Waals surface area contributed by atoms with Crippen LogP contribution in [0.25, 0.3) is 0 Å². The van der Waals surface area contributed by atoms with Crippen LogP contribution in [-0.4, -0.2) is 5.11 Å². The van der Waals surface area contributed by atoms with E-state index in [1.54, 1.807) is 0 Å². The van der Waals surface area contributed by atoms with E-state index in [1.807, 2.05) is 0 Å². The minimum atomic E-state index is -1.48. The predicted molar refractivity (Wildman–Crippen MR) is 49.9 cm³/mol. The molecule has 1 aromatic carbocycles. The van der Waals surface area contributed by atoms with Crippen LogP contribution in [0.3, 0.4) is 0 Å². The van der Waals surface area contributed by atoms with Gasteiger partial charge in [0.25, 0.3) is 0 Å². The second-order valence-corrected chi connectivity index (χ2v) is 3.03. The minimum absolute atomic E-state index is 0.00939. The highest BCUT2D eigenvalue weighted by molar-refractivity contribution is 7.80. The van der Waals surface area contributed by atoms with Crippen molar-refractivity contribution in [3.05, 3.63) is 35.1 Å². The van der Waals surface area contributed by atoms with Gasteiger partial charge in [0.15, 0.2) is 22.6 Å². The van der Waals surface area contributed by atoms with Crippen LogP contribution in [0.1, 0.15) is 5.56 Å².